The van der Waals surface area contributed by atoms with E-state index in [0.29, 0.717) is 34.5 Å². The van der Waals surface area contributed by atoms with Gasteiger partial charge in [-0.3, -0.25) is 4.79 Å². The van der Waals surface area contributed by atoms with Gasteiger partial charge in [0, 0.05) is 22.7 Å². The lowest BCUT2D eigenvalue weighted by atomic mass is 10.2. The highest BCUT2D eigenvalue weighted by atomic mass is 35.5. The van der Waals surface area contributed by atoms with Crippen molar-refractivity contribution in [2.45, 2.75) is 0 Å². The molecule has 0 saturated heterocycles. The van der Waals surface area contributed by atoms with E-state index >= 15 is 0 Å². The van der Waals surface area contributed by atoms with Crippen LogP contribution in [0.4, 0.5) is 0 Å². The summed E-state index contributed by atoms with van der Waals surface area (Å²) in [6.45, 7) is 0.862. The molecule has 3 nitrogen and oxygen atoms in total. The normalized spacial score (nSPS) is 10.2. The van der Waals surface area contributed by atoms with E-state index in [1.165, 1.54) is 0 Å². The Kier molecular flexibility index (Phi) is 5.48. The Morgan fingerprint density at radius 1 is 1.10 bits per heavy atom. The number of benzene rings is 2. The van der Waals surface area contributed by atoms with Crippen LogP contribution in [0.25, 0.3) is 0 Å². The van der Waals surface area contributed by atoms with Crippen molar-refractivity contribution in [1.82, 2.24) is 4.90 Å². The van der Waals surface area contributed by atoms with E-state index in [0.717, 1.165) is 0 Å². The second kappa shape index (κ2) is 7.34. The van der Waals surface area contributed by atoms with Crippen LogP contribution in [0.3, 0.4) is 0 Å². The molecule has 0 spiro atoms. The molecule has 0 saturated carbocycles. The third kappa shape index (κ3) is 4.66. The molecule has 2 aromatic rings. The van der Waals surface area contributed by atoms with Crippen molar-refractivity contribution in [3.05, 3.63) is 64.1 Å². The first-order valence-corrected chi connectivity index (χ1v) is 7.21. The van der Waals surface area contributed by atoms with Crippen LogP contribution in [0.2, 0.25) is 10.0 Å². The second-order valence-corrected chi connectivity index (χ2v) is 5.42. The highest BCUT2D eigenvalue weighted by molar-refractivity contribution is 6.31. The van der Waals surface area contributed by atoms with Gasteiger partial charge in [-0.2, -0.15) is 0 Å². The molecule has 0 atom stereocenters. The molecule has 21 heavy (non-hydrogen) atoms. The SMILES string of the molecule is CN(CCOc1cccc(Cl)c1)C(=O)c1cccc(Cl)c1. The van der Waals surface area contributed by atoms with Crippen LogP contribution in [0, 0.1) is 0 Å². The van der Waals surface area contributed by atoms with Crippen molar-refractivity contribution >= 4 is 29.1 Å². The molecule has 1 amide bonds. The predicted octanol–water partition coefficient (Wildman–Crippen LogP) is 4.14. The van der Waals surface area contributed by atoms with Gasteiger partial charge >= 0.3 is 0 Å². The highest BCUT2D eigenvalue weighted by Crippen LogP contribution is 2.17. The molecule has 110 valence electrons. The molecule has 0 aliphatic heterocycles. The Labute approximate surface area is 134 Å². The largest absolute Gasteiger partial charge is 0.492 e. The van der Waals surface area contributed by atoms with Crippen molar-refractivity contribution in [3.8, 4) is 5.75 Å². The Bertz CT molecular complexity index is 631. The molecular weight excluding hydrogens is 309 g/mol. The van der Waals surface area contributed by atoms with E-state index in [-0.39, 0.29) is 5.91 Å². The number of hydrogen-bond acceptors (Lipinski definition) is 2. The van der Waals surface area contributed by atoms with Gasteiger partial charge in [-0.15, -0.1) is 0 Å². The van der Waals surface area contributed by atoms with Crippen molar-refractivity contribution in [2.75, 3.05) is 20.2 Å². The summed E-state index contributed by atoms with van der Waals surface area (Å²) in [6.07, 6.45) is 0. The maximum atomic E-state index is 12.2. The van der Waals surface area contributed by atoms with Crippen molar-refractivity contribution in [3.63, 3.8) is 0 Å². The molecule has 0 aromatic heterocycles. The number of nitrogens with zero attached hydrogens (tertiary/aromatic N) is 1. The zero-order chi connectivity index (χ0) is 15.2. The summed E-state index contributed by atoms with van der Waals surface area (Å²) < 4.78 is 5.56. The standard InChI is InChI=1S/C16H15Cl2NO2/c1-19(16(20)12-4-2-5-13(17)10-12)8-9-21-15-7-3-6-14(18)11-15/h2-7,10-11H,8-9H2,1H3. The molecule has 2 rings (SSSR count). The summed E-state index contributed by atoms with van der Waals surface area (Å²) in [6, 6.07) is 14.0. The fraction of sp³-hybridized carbons (Fsp3) is 0.188. The number of carbonyl (C=O) groups is 1. The Balaban J connectivity index is 1.87. The second-order valence-electron chi connectivity index (χ2n) is 4.54. The molecule has 0 heterocycles. The van der Waals surface area contributed by atoms with Crippen LogP contribution in [0.15, 0.2) is 48.5 Å². The van der Waals surface area contributed by atoms with E-state index < -0.39 is 0 Å². The minimum atomic E-state index is -0.0906. The summed E-state index contributed by atoms with van der Waals surface area (Å²) in [7, 11) is 1.73. The predicted molar refractivity (Wildman–Crippen MR) is 85.4 cm³/mol. The topological polar surface area (TPSA) is 29.5 Å². The van der Waals surface area contributed by atoms with Crippen molar-refractivity contribution < 1.29 is 9.53 Å². The fourth-order valence-corrected chi connectivity index (χ4v) is 2.17. The van der Waals surface area contributed by atoms with Gasteiger partial charge in [0.15, 0.2) is 0 Å². The lowest BCUT2D eigenvalue weighted by Gasteiger charge is -2.17. The van der Waals surface area contributed by atoms with E-state index in [1.54, 1.807) is 48.3 Å². The molecule has 0 N–H and O–H groups in total. The summed E-state index contributed by atoms with van der Waals surface area (Å²) in [5, 5.41) is 1.17. The van der Waals surface area contributed by atoms with E-state index in [4.69, 9.17) is 27.9 Å². The number of amides is 1. The third-order valence-corrected chi connectivity index (χ3v) is 3.38. The smallest absolute Gasteiger partial charge is 0.253 e. The van der Waals surface area contributed by atoms with Crippen LogP contribution in [0.1, 0.15) is 10.4 Å². The first-order chi connectivity index (χ1) is 10.1. The minimum Gasteiger partial charge on any atom is -0.492 e. The van der Waals surface area contributed by atoms with Gasteiger partial charge in [0.2, 0.25) is 0 Å². The van der Waals surface area contributed by atoms with Crippen LogP contribution in [-0.4, -0.2) is 31.0 Å². The first kappa shape index (κ1) is 15.7. The van der Waals surface area contributed by atoms with Gasteiger partial charge in [0.25, 0.3) is 5.91 Å². The average Bonchev–Trinajstić information content (AvgIpc) is 2.46. The van der Waals surface area contributed by atoms with E-state index in [9.17, 15) is 4.79 Å². The molecule has 0 unspecified atom stereocenters. The highest BCUT2D eigenvalue weighted by Gasteiger charge is 2.11. The zero-order valence-electron chi connectivity index (χ0n) is 11.6. The van der Waals surface area contributed by atoms with Gasteiger partial charge in [-0.05, 0) is 36.4 Å². The van der Waals surface area contributed by atoms with Gasteiger partial charge in [-0.25, -0.2) is 0 Å². The van der Waals surface area contributed by atoms with Crippen molar-refractivity contribution in [2.24, 2.45) is 0 Å². The van der Waals surface area contributed by atoms with Gasteiger partial charge in [0.1, 0.15) is 12.4 Å². The number of carbonyl (C=O) groups excluding carboxylic acids is 1. The fourth-order valence-electron chi connectivity index (χ4n) is 1.80. The van der Waals surface area contributed by atoms with Gasteiger partial charge in [0.05, 0.1) is 6.54 Å². The molecular formula is C16H15Cl2NO2. The Hall–Kier alpha value is -1.71. The van der Waals surface area contributed by atoms with E-state index in [2.05, 4.69) is 0 Å². The number of hydrogen-bond donors (Lipinski definition) is 0. The molecule has 0 aliphatic rings. The minimum absolute atomic E-state index is 0.0906. The lowest BCUT2D eigenvalue weighted by molar-refractivity contribution is 0.0774. The van der Waals surface area contributed by atoms with Crippen LogP contribution in [-0.2, 0) is 0 Å². The number of ether oxygens (including phenoxy) is 1. The van der Waals surface area contributed by atoms with Gasteiger partial charge in [-0.1, -0.05) is 35.3 Å². The third-order valence-electron chi connectivity index (χ3n) is 2.91. The van der Waals surface area contributed by atoms with Crippen molar-refractivity contribution in [1.29, 1.82) is 0 Å². The summed E-state index contributed by atoms with van der Waals surface area (Å²) >= 11 is 11.8. The average molecular weight is 324 g/mol. The van der Waals surface area contributed by atoms with Crippen LogP contribution < -0.4 is 4.74 Å². The first-order valence-electron chi connectivity index (χ1n) is 6.45. The molecule has 5 heteroatoms. The van der Waals surface area contributed by atoms with Crippen LogP contribution >= 0.6 is 23.2 Å². The molecule has 0 radical (unpaired) electrons. The Morgan fingerprint density at radius 2 is 1.76 bits per heavy atom. The maximum Gasteiger partial charge on any atom is 0.253 e. The Morgan fingerprint density at radius 3 is 2.43 bits per heavy atom. The van der Waals surface area contributed by atoms with Gasteiger partial charge < -0.3 is 9.64 Å². The van der Waals surface area contributed by atoms with Crippen LogP contribution in [0.5, 0.6) is 5.75 Å². The van der Waals surface area contributed by atoms with E-state index in [1.807, 2.05) is 12.1 Å². The molecule has 2 aromatic carbocycles. The zero-order valence-corrected chi connectivity index (χ0v) is 13.1. The lowest BCUT2D eigenvalue weighted by Crippen LogP contribution is -2.30. The summed E-state index contributed by atoms with van der Waals surface area (Å²) in [5.41, 5.74) is 0.563. The molecule has 0 bridgehead atoms. The number of halogens is 2. The maximum absolute atomic E-state index is 12.2. The quantitative estimate of drug-likeness (QED) is 0.827. The molecule has 0 aliphatic carbocycles. The molecule has 0 fully saturated rings. The summed E-state index contributed by atoms with van der Waals surface area (Å²) in [4.78, 5) is 13.8. The monoisotopic (exact) mass is 323 g/mol. The number of rotatable bonds is 5. The summed E-state index contributed by atoms with van der Waals surface area (Å²) in [5.74, 6) is 0.596. The number of likely N-dealkylation sites (N-methyl/N-ethyl adjacent to an activating group) is 1.